The molecule has 0 heterocycles. The van der Waals surface area contributed by atoms with E-state index >= 15 is 0 Å². The lowest BCUT2D eigenvalue weighted by Gasteiger charge is -2.34. The molecule has 2 amide bonds. The maximum absolute atomic E-state index is 13.7. The summed E-state index contributed by atoms with van der Waals surface area (Å²) in [6.45, 7) is 2.31. The molecule has 0 aromatic heterocycles. The lowest BCUT2D eigenvalue weighted by molar-refractivity contribution is -0.140. The number of hydrogen-bond donors (Lipinski definition) is 1. The number of carbonyl (C=O) groups is 2. The molecule has 34 heavy (non-hydrogen) atoms. The van der Waals surface area contributed by atoms with E-state index in [1.54, 1.807) is 30.3 Å². The van der Waals surface area contributed by atoms with Crippen molar-refractivity contribution in [2.75, 3.05) is 20.1 Å². The van der Waals surface area contributed by atoms with Crippen LogP contribution in [0.15, 0.2) is 42.5 Å². The second kappa shape index (κ2) is 12.1. The quantitative estimate of drug-likeness (QED) is 0.510. The Morgan fingerprint density at radius 1 is 1.06 bits per heavy atom. The molecule has 2 aromatic carbocycles. The van der Waals surface area contributed by atoms with Crippen LogP contribution in [0.3, 0.4) is 0 Å². The first-order valence-corrected chi connectivity index (χ1v) is 12.0. The van der Waals surface area contributed by atoms with E-state index in [1.165, 1.54) is 31.3 Å². The Bertz CT molecular complexity index is 977. The summed E-state index contributed by atoms with van der Waals surface area (Å²) in [6.07, 6.45) is 3.89. The average molecular weight is 491 g/mol. The molecule has 1 aliphatic carbocycles. The molecule has 3 rings (SSSR count). The van der Waals surface area contributed by atoms with Crippen LogP contribution < -0.4 is 14.8 Å². The van der Waals surface area contributed by atoms with Crippen LogP contribution in [0.25, 0.3) is 0 Å². The summed E-state index contributed by atoms with van der Waals surface area (Å²) in [5.74, 6) is 0.247. The van der Waals surface area contributed by atoms with Crippen LogP contribution >= 0.6 is 11.6 Å². The van der Waals surface area contributed by atoms with Crippen molar-refractivity contribution in [2.45, 2.75) is 51.2 Å². The minimum atomic E-state index is -0.949. The fourth-order valence-corrected chi connectivity index (χ4v) is 4.52. The van der Waals surface area contributed by atoms with Gasteiger partial charge in [0.25, 0.3) is 0 Å². The molecule has 1 unspecified atom stereocenters. The Morgan fingerprint density at radius 2 is 1.71 bits per heavy atom. The maximum Gasteiger partial charge on any atom is 0.247 e. The number of halogens is 2. The highest BCUT2D eigenvalue weighted by Gasteiger charge is 2.33. The first kappa shape index (κ1) is 25.8. The Kier molecular flexibility index (Phi) is 9.16. The van der Waals surface area contributed by atoms with Crippen LogP contribution in [0.1, 0.15) is 49.8 Å². The first-order valence-electron chi connectivity index (χ1n) is 11.5. The zero-order valence-corrected chi connectivity index (χ0v) is 20.6. The predicted molar refractivity (Wildman–Crippen MR) is 130 cm³/mol. The number of nitrogens with zero attached hydrogens (tertiary/aromatic N) is 1. The van der Waals surface area contributed by atoms with Crippen molar-refractivity contribution in [3.63, 3.8) is 0 Å². The molecule has 6 nitrogen and oxygen atoms in total. The molecule has 1 saturated carbocycles. The molecule has 0 saturated heterocycles. The summed E-state index contributed by atoms with van der Waals surface area (Å²) in [4.78, 5) is 28.1. The number of amides is 2. The largest absolute Gasteiger partial charge is 0.493 e. The second-order valence-electron chi connectivity index (χ2n) is 8.76. The number of carbonyl (C=O) groups excluding carboxylic acids is 2. The van der Waals surface area contributed by atoms with Gasteiger partial charge >= 0.3 is 0 Å². The molecule has 0 bridgehead atoms. The highest BCUT2D eigenvalue weighted by Crippen LogP contribution is 2.34. The number of hydrogen-bond acceptors (Lipinski definition) is 4. The van der Waals surface area contributed by atoms with E-state index in [9.17, 15) is 14.0 Å². The summed E-state index contributed by atoms with van der Waals surface area (Å²) >= 11 is 5.96. The molecule has 1 aliphatic rings. The zero-order chi connectivity index (χ0) is 24.7. The van der Waals surface area contributed by atoms with Gasteiger partial charge in [0, 0.05) is 12.6 Å². The van der Waals surface area contributed by atoms with Gasteiger partial charge in [0.05, 0.1) is 14.2 Å². The molecular weight excluding hydrogens is 459 g/mol. The summed E-state index contributed by atoms with van der Waals surface area (Å²) in [5, 5.41) is 3.15. The van der Waals surface area contributed by atoms with Crippen LogP contribution in [-0.4, -0.2) is 42.9 Å². The minimum Gasteiger partial charge on any atom is -0.493 e. The van der Waals surface area contributed by atoms with Crippen LogP contribution in [0.2, 0.25) is 0 Å². The van der Waals surface area contributed by atoms with Gasteiger partial charge in [0.1, 0.15) is 17.7 Å². The fraction of sp³-hybridized carbons (Fsp3) is 0.462. The number of alkyl halides is 1. The molecule has 0 radical (unpaired) electrons. The van der Waals surface area contributed by atoms with Crippen LogP contribution in [-0.2, 0) is 16.1 Å². The summed E-state index contributed by atoms with van der Waals surface area (Å²) in [7, 11) is 3.05. The van der Waals surface area contributed by atoms with Gasteiger partial charge < -0.3 is 19.7 Å². The van der Waals surface area contributed by atoms with E-state index < -0.39 is 11.9 Å². The third-order valence-corrected chi connectivity index (χ3v) is 6.58. The maximum atomic E-state index is 13.7. The minimum absolute atomic E-state index is 0.0464. The van der Waals surface area contributed by atoms with Crippen LogP contribution in [0.4, 0.5) is 4.39 Å². The molecule has 1 N–H and O–H groups in total. The number of ether oxygens (including phenoxy) is 2. The van der Waals surface area contributed by atoms with Crippen molar-refractivity contribution in [1.29, 1.82) is 0 Å². The molecule has 2 aromatic rings. The van der Waals surface area contributed by atoms with E-state index in [0.29, 0.717) is 28.5 Å². The Balaban J connectivity index is 1.99. The second-order valence-corrected chi connectivity index (χ2v) is 9.03. The van der Waals surface area contributed by atoms with Gasteiger partial charge in [-0.1, -0.05) is 25.1 Å². The average Bonchev–Trinajstić information content (AvgIpc) is 2.85. The number of benzene rings is 2. The standard InChI is InChI=1S/C26H32ClFN2O4/c1-17-4-11-21(12-5-17)29-26(32)25(19-8-13-22(33-2)23(14-19)34-3)30(24(31)15-27)16-18-6-9-20(28)10-7-18/h6-10,13-14,17,21,25H,4-5,11-12,15-16H2,1-3H3,(H,29,32). The Labute approximate surface area is 205 Å². The van der Waals surface area contributed by atoms with Gasteiger partial charge in [-0.3, -0.25) is 9.59 Å². The van der Waals surface area contributed by atoms with E-state index in [-0.39, 0.29) is 30.2 Å². The van der Waals surface area contributed by atoms with E-state index in [0.717, 1.165) is 25.7 Å². The highest BCUT2D eigenvalue weighted by atomic mass is 35.5. The van der Waals surface area contributed by atoms with Crippen molar-refractivity contribution in [1.82, 2.24) is 10.2 Å². The summed E-state index contributed by atoms with van der Waals surface area (Å²) in [5.41, 5.74) is 1.25. The molecule has 1 fully saturated rings. The highest BCUT2D eigenvalue weighted by molar-refractivity contribution is 6.27. The van der Waals surface area contributed by atoms with Crippen molar-refractivity contribution in [3.8, 4) is 11.5 Å². The molecule has 1 atom stereocenters. The van der Waals surface area contributed by atoms with Gasteiger partial charge in [0.2, 0.25) is 11.8 Å². The molecule has 0 aliphatic heterocycles. The SMILES string of the molecule is COc1ccc(C(C(=O)NC2CCC(C)CC2)N(Cc2ccc(F)cc2)C(=O)CCl)cc1OC. The third kappa shape index (κ3) is 6.41. The molecular formula is C26H32ClFN2O4. The van der Waals surface area contributed by atoms with E-state index in [1.807, 2.05) is 0 Å². The fourth-order valence-electron chi connectivity index (χ4n) is 4.37. The van der Waals surface area contributed by atoms with E-state index in [4.69, 9.17) is 21.1 Å². The molecule has 0 spiro atoms. The predicted octanol–water partition coefficient (Wildman–Crippen LogP) is 4.85. The van der Waals surface area contributed by atoms with Crippen molar-refractivity contribution in [3.05, 3.63) is 59.4 Å². The normalized spacial score (nSPS) is 18.6. The lowest BCUT2D eigenvalue weighted by atomic mass is 9.87. The van der Waals surface area contributed by atoms with E-state index in [2.05, 4.69) is 12.2 Å². The van der Waals surface area contributed by atoms with Gasteiger partial charge in [-0.2, -0.15) is 0 Å². The van der Waals surface area contributed by atoms with Gasteiger partial charge in [-0.15, -0.1) is 11.6 Å². The van der Waals surface area contributed by atoms with Crippen LogP contribution in [0, 0.1) is 11.7 Å². The van der Waals surface area contributed by atoms with Gasteiger partial charge in [-0.25, -0.2) is 4.39 Å². The number of methoxy groups -OCH3 is 2. The Morgan fingerprint density at radius 3 is 2.29 bits per heavy atom. The smallest absolute Gasteiger partial charge is 0.247 e. The van der Waals surface area contributed by atoms with Crippen molar-refractivity contribution >= 4 is 23.4 Å². The number of nitrogens with one attached hydrogen (secondary N) is 1. The Hall–Kier alpha value is -2.80. The molecule has 184 valence electrons. The lowest BCUT2D eigenvalue weighted by Crippen LogP contribution is -2.47. The monoisotopic (exact) mass is 490 g/mol. The van der Waals surface area contributed by atoms with Gasteiger partial charge in [-0.05, 0) is 67.0 Å². The third-order valence-electron chi connectivity index (χ3n) is 6.35. The number of rotatable bonds is 9. The summed E-state index contributed by atoms with van der Waals surface area (Å²) < 4.78 is 24.2. The molecule has 8 heteroatoms. The summed E-state index contributed by atoms with van der Waals surface area (Å²) in [6, 6.07) is 10.1. The van der Waals surface area contributed by atoms with Crippen molar-refractivity contribution < 1.29 is 23.5 Å². The van der Waals surface area contributed by atoms with Crippen molar-refractivity contribution in [2.24, 2.45) is 5.92 Å². The van der Waals surface area contributed by atoms with Gasteiger partial charge in [0.15, 0.2) is 11.5 Å². The zero-order valence-electron chi connectivity index (χ0n) is 19.9. The topological polar surface area (TPSA) is 67.9 Å². The van der Waals surface area contributed by atoms with Crippen LogP contribution in [0.5, 0.6) is 11.5 Å². The first-order chi connectivity index (χ1) is 16.4.